The largest absolute Gasteiger partial charge is 0.494 e. The van der Waals surface area contributed by atoms with Gasteiger partial charge in [0.2, 0.25) is 11.9 Å². The summed E-state index contributed by atoms with van der Waals surface area (Å²) in [7, 11) is 7.65. The van der Waals surface area contributed by atoms with Gasteiger partial charge in [-0.1, -0.05) is 19.4 Å². The molecule has 0 spiro atoms. The fourth-order valence-electron chi connectivity index (χ4n) is 4.36. The molecule has 1 amide bonds. The maximum Gasteiger partial charge on any atom is 0.247 e. The van der Waals surface area contributed by atoms with Crippen molar-refractivity contribution < 1.29 is 9.53 Å². The predicted octanol–water partition coefficient (Wildman–Crippen LogP) is 3.82. The average Bonchev–Trinajstić information content (AvgIpc) is 3.52. The highest BCUT2D eigenvalue weighted by Gasteiger charge is 2.21. The van der Waals surface area contributed by atoms with Crippen LogP contribution >= 0.6 is 0 Å². The monoisotopic (exact) mass is 478 g/mol. The van der Waals surface area contributed by atoms with Crippen LogP contribution in [0.5, 0.6) is 5.75 Å². The molecule has 10 nitrogen and oxygen atoms in total. The molecule has 1 saturated carbocycles. The second kappa shape index (κ2) is 10.7. The molecule has 0 unspecified atom stereocenters. The van der Waals surface area contributed by atoms with Crippen LogP contribution in [-0.2, 0) is 4.79 Å². The van der Waals surface area contributed by atoms with Crippen molar-refractivity contribution in [3.8, 4) is 5.75 Å². The first kappa shape index (κ1) is 24.5. The van der Waals surface area contributed by atoms with Crippen LogP contribution in [0, 0.1) is 0 Å². The maximum absolute atomic E-state index is 12.2. The number of fused-ring (bicyclic) bond motifs is 1. The Morgan fingerprint density at radius 3 is 2.66 bits per heavy atom. The number of methoxy groups -OCH3 is 1. The zero-order valence-electron chi connectivity index (χ0n) is 20.9. The highest BCUT2D eigenvalue weighted by atomic mass is 16.5. The first-order valence-electron chi connectivity index (χ1n) is 11.9. The Kier molecular flexibility index (Phi) is 7.50. The van der Waals surface area contributed by atoms with Gasteiger partial charge >= 0.3 is 0 Å². The van der Waals surface area contributed by atoms with E-state index in [-0.39, 0.29) is 5.91 Å². The number of nitrogens with one attached hydrogen (secondary N) is 2. The number of aromatic nitrogens is 4. The highest BCUT2D eigenvalue weighted by molar-refractivity contribution is 6.02. The third-order valence-corrected chi connectivity index (χ3v) is 6.34. The van der Waals surface area contributed by atoms with E-state index in [1.165, 1.54) is 18.9 Å². The number of ether oxygens (including phenoxy) is 1. The molecule has 186 valence electrons. The Labute approximate surface area is 206 Å². The Morgan fingerprint density at radius 1 is 1.20 bits per heavy atom. The third kappa shape index (κ3) is 5.54. The quantitative estimate of drug-likeness (QED) is 0.424. The lowest BCUT2D eigenvalue weighted by Gasteiger charge is -2.26. The van der Waals surface area contributed by atoms with Gasteiger partial charge in [-0.2, -0.15) is 4.98 Å². The topological polar surface area (TPSA) is 100 Å². The van der Waals surface area contributed by atoms with Gasteiger partial charge in [0.15, 0.2) is 5.65 Å². The zero-order chi connectivity index (χ0) is 24.9. The van der Waals surface area contributed by atoms with Crippen molar-refractivity contribution in [1.82, 2.24) is 24.4 Å². The Morgan fingerprint density at radius 2 is 1.97 bits per heavy atom. The number of hydrogen-bond donors (Lipinski definition) is 2. The lowest BCUT2D eigenvalue weighted by atomic mass is 10.2. The fourth-order valence-corrected chi connectivity index (χ4v) is 4.36. The van der Waals surface area contributed by atoms with Gasteiger partial charge < -0.3 is 29.7 Å². The van der Waals surface area contributed by atoms with Gasteiger partial charge in [0.25, 0.3) is 0 Å². The molecule has 3 aromatic rings. The predicted molar refractivity (Wildman–Crippen MR) is 140 cm³/mol. The van der Waals surface area contributed by atoms with Crippen LogP contribution in [-0.4, -0.2) is 71.7 Å². The molecule has 2 heterocycles. The minimum absolute atomic E-state index is 0.290. The lowest BCUT2D eigenvalue weighted by Crippen LogP contribution is -2.29. The minimum atomic E-state index is -0.290. The smallest absolute Gasteiger partial charge is 0.247 e. The molecular formula is C25H34N8O2. The molecule has 2 N–H and O–H groups in total. The Balaban J connectivity index is 1.68. The number of likely N-dealkylation sites (N-methyl/N-ethyl adjacent to an activating group) is 2. The van der Waals surface area contributed by atoms with E-state index >= 15 is 0 Å². The van der Waals surface area contributed by atoms with Crippen LogP contribution in [0.2, 0.25) is 0 Å². The van der Waals surface area contributed by atoms with E-state index in [1.807, 2.05) is 39.6 Å². The number of imidazole rings is 1. The lowest BCUT2D eigenvalue weighted by molar-refractivity contribution is -0.111. The molecule has 1 aliphatic rings. The number of anilines is 4. The van der Waals surface area contributed by atoms with Crippen LogP contribution in [0.4, 0.5) is 23.0 Å². The fraction of sp³-hybridized carbons (Fsp3) is 0.440. The zero-order valence-corrected chi connectivity index (χ0v) is 20.9. The van der Waals surface area contributed by atoms with Gasteiger partial charge in [-0.05, 0) is 39.1 Å². The number of carbonyl (C=O) groups is 1. The summed E-state index contributed by atoms with van der Waals surface area (Å²) < 4.78 is 7.85. The minimum Gasteiger partial charge on any atom is -0.494 e. The molecule has 0 aliphatic heterocycles. The number of carbonyl (C=O) groups excluding carboxylic acids is 1. The molecule has 4 rings (SSSR count). The van der Waals surface area contributed by atoms with Crippen LogP contribution in [0.25, 0.3) is 11.2 Å². The summed E-state index contributed by atoms with van der Waals surface area (Å²) in [6, 6.07) is 4.16. The molecule has 1 aromatic carbocycles. The Hall–Kier alpha value is -3.66. The van der Waals surface area contributed by atoms with E-state index in [0.29, 0.717) is 29.1 Å². The molecule has 35 heavy (non-hydrogen) atoms. The molecule has 0 radical (unpaired) electrons. The molecule has 0 atom stereocenters. The van der Waals surface area contributed by atoms with E-state index in [4.69, 9.17) is 9.72 Å². The number of rotatable bonds is 10. The number of amides is 1. The van der Waals surface area contributed by atoms with Crippen molar-refractivity contribution >= 4 is 40.1 Å². The van der Waals surface area contributed by atoms with Gasteiger partial charge in [-0.15, -0.1) is 0 Å². The summed E-state index contributed by atoms with van der Waals surface area (Å²) in [4.78, 5) is 30.1. The van der Waals surface area contributed by atoms with Crippen molar-refractivity contribution in [1.29, 1.82) is 0 Å². The number of hydrogen-bond acceptors (Lipinski definition) is 8. The van der Waals surface area contributed by atoms with Crippen molar-refractivity contribution in [2.45, 2.75) is 31.7 Å². The number of nitrogens with zero attached hydrogens (tertiary/aromatic N) is 6. The third-order valence-electron chi connectivity index (χ3n) is 6.34. The SMILES string of the molecule is C=CC(=O)Nc1cc(Nc2ncc3ncn(C4CCCC4)c3n2)c(OC)cc1N(C)CCN(C)C. The Bertz CT molecular complexity index is 1200. The molecule has 2 aromatic heterocycles. The van der Waals surface area contributed by atoms with Gasteiger partial charge in [-0.25, -0.2) is 9.97 Å². The second-order valence-corrected chi connectivity index (χ2v) is 9.11. The first-order chi connectivity index (χ1) is 16.9. The maximum atomic E-state index is 12.2. The van der Waals surface area contributed by atoms with E-state index < -0.39 is 0 Å². The molecular weight excluding hydrogens is 444 g/mol. The summed E-state index contributed by atoms with van der Waals surface area (Å²) in [5.74, 6) is 0.757. The van der Waals surface area contributed by atoms with Gasteiger partial charge in [-0.3, -0.25) is 4.79 Å². The van der Waals surface area contributed by atoms with E-state index in [9.17, 15) is 4.79 Å². The van der Waals surface area contributed by atoms with E-state index in [2.05, 4.69) is 41.5 Å². The second-order valence-electron chi connectivity index (χ2n) is 9.11. The van der Waals surface area contributed by atoms with Crippen molar-refractivity contribution in [2.75, 3.05) is 56.9 Å². The van der Waals surface area contributed by atoms with Gasteiger partial charge in [0.1, 0.15) is 11.3 Å². The molecule has 1 fully saturated rings. The normalized spacial score (nSPS) is 13.9. The van der Waals surface area contributed by atoms with Crippen LogP contribution in [0.3, 0.4) is 0 Å². The standard InChI is InChI=1S/C25H34N8O2/c1-6-23(34)28-18-13-19(22(35-5)14-21(18)32(4)12-11-31(2)3)29-25-26-15-20-24(30-25)33(16-27-20)17-9-7-8-10-17/h6,13-17H,1,7-12H2,2-5H3,(H,28,34)(H,26,29,30). The van der Waals surface area contributed by atoms with Crippen LogP contribution < -0.4 is 20.3 Å². The van der Waals surface area contributed by atoms with Crippen LogP contribution in [0.15, 0.2) is 37.3 Å². The van der Waals surface area contributed by atoms with Gasteiger partial charge in [0.05, 0.1) is 36.7 Å². The summed E-state index contributed by atoms with van der Waals surface area (Å²) in [6.45, 7) is 5.20. The summed E-state index contributed by atoms with van der Waals surface area (Å²) in [5, 5.41) is 6.19. The van der Waals surface area contributed by atoms with Crippen molar-refractivity contribution in [2.24, 2.45) is 0 Å². The number of benzene rings is 1. The highest BCUT2D eigenvalue weighted by Crippen LogP contribution is 2.38. The van der Waals surface area contributed by atoms with E-state index in [0.717, 1.165) is 42.8 Å². The van der Waals surface area contributed by atoms with Crippen molar-refractivity contribution in [3.05, 3.63) is 37.3 Å². The van der Waals surface area contributed by atoms with Crippen LogP contribution in [0.1, 0.15) is 31.7 Å². The van der Waals surface area contributed by atoms with Crippen molar-refractivity contribution in [3.63, 3.8) is 0 Å². The van der Waals surface area contributed by atoms with E-state index in [1.54, 1.807) is 13.3 Å². The first-order valence-corrected chi connectivity index (χ1v) is 11.9. The van der Waals surface area contributed by atoms with Gasteiger partial charge in [0, 0.05) is 32.2 Å². The average molecular weight is 479 g/mol. The summed E-state index contributed by atoms with van der Waals surface area (Å²) in [5.41, 5.74) is 3.69. The summed E-state index contributed by atoms with van der Waals surface area (Å²) >= 11 is 0. The molecule has 10 heteroatoms. The summed E-state index contributed by atoms with van der Waals surface area (Å²) in [6.07, 6.45) is 9.58. The molecule has 1 aliphatic carbocycles. The molecule has 0 saturated heterocycles. The molecule has 0 bridgehead atoms.